The molecule has 1 aromatic rings. The lowest BCUT2D eigenvalue weighted by Crippen LogP contribution is -2.22. The number of benzene rings is 1. The normalized spacial score (nSPS) is 15.7. The molecule has 0 aliphatic rings. The van der Waals surface area contributed by atoms with Gasteiger partial charge in [0.15, 0.2) is 0 Å². The number of halogens is 2. The third kappa shape index (κ3) is 2.44. The van der Waals surface area contributed by atoms with Gasteiger partial charge in [-0.3, -0.25) is 0 Å². The fourth-order valence-electron chi connectivity index (χ4n) is 0.886. The second-order valence-corrected chi connectivity index (χ2v) is 4.59. The largest absolute Gasteiger partial charge is 0.385 e. The first-order valence-electron chi connectivity index (χ1n) is 3.60. The van der Waals surface area contributed by atoms with Crippen LogP contribution in [0.3, 0.4) is 0 Å². The van der Waals surface area contributed by atoms with Crippen molar-refractivity contribution in [1.82, 2.24) is 0 Å². The first-order valence-corrected chi connectivity index (χ1v) is 5.92. The fourth-order valence-corrected chi connectivity index (χ4v) is 1.59. The first-order chi connectivity index (χ1) is 5.56. The maximum Gasteiger partial charge on any atom is 0.0957 e. The highest BCUT2D eigenvalue weighted by Gasteiger charge is 2.20. The van der Waals surface area contributed by atoms with Crippen LogP contribution < -0.4 is 0 Å². The Labute approximate surface area is 94.4 Å². The first kappa shape index (κ1) is 10.5. The summed E-state index contributed by atoms with van der Waals surface area (Å²) in [6.45, 7) is 1.82. The molecule has 1 rings (SSSR count). The van der Waals surface area contributed by atoms with Gasteiger partial charge in [0, 0.05) is 8.90 Å². The van der Waals surface area contributed by atoms with Crippen LogP contribution >= 0.6 is 38.5 Å². The number of rotatable bonds is 2. The van der Waals surface area contributed by atoms with Crippen LogP contribution in [0.2, 0.25) is 0 Å². The van der Waals surface area contributed by atoms with E-state index in [-0.39, 0.29) is 0 Å². The average molecular weight is 341 g/mol. The van der Waals surface area contributed by atoms with Gasteiger partial charge in [-0.25, -0.2) is 0 Å². The Morgan fingerprint density at radius 2 is 1.92 bits per heavy atom. The topological polar surface area (TPSA) is 20.2 Å². The van der Waals surface area contributed by atoms with Gasteiger partial charge in [-0.1, -0.05) is 50.7 Å². The number of aliphatic hydroxyl groups is 1. The predicted octanol–water partition coefficient (Wildman–Crippen LogP) is 3.09. The summed E-state index contributed by atoms with van der Waals surface area (Å²) in [6.07, 6.45) is 0. The van der Waals surface area contributed by atoms with Crippen LogP contribution in [0.5, 0.6) is 0 Å². The maximum absolute atomic E-state index is 9.86. The van der Waals surface area contributed by atoms with Crippen molar-refractivity contribution in [2.45, 2.75) is 12.5 Å². The van der Waals surface area contributed by atoms with E-state index in [1.165, 1.54) is 0 Å². The molecule has 12 heavy (non-hydrogen) atoms. The van der Waals surface area contributed by atoms with Crippen molar-refractivity contribution >= 4 is 38.5 Å². The Balaban J connectivity index is 2.96. The quantitative estimate of drug-likeness (QED) is 0.648. The van der Waals surface area contributed by atoms with E-state index in [9.17, 15) is 5.11 Å². The Bertz CT molecular complexity index is 256. The molecule has 0 aliphatic heterocycles. The molecule has 0 aliphatic carbocycles. The van der Waals surface area contributed by atoms with Gasteiger partial charge in [-0.05, 0) is 24.6 Å². The molecule has 0 saturated carbocycles. The molecule has 1 unspecified atom stereocenters. The van der Waals surface area contributed by atoms with Crippen LogP contribution in [-0.2, 0) is 5.60 Å². The van der Waals surface area contributed by atoms with Crippen molar-refractivity contribution in [3.8, 4) is 0 Å². The van der Waals surface area contributed by atoms with Crippen molar-refractivity contribution in [2.24, 2.45) is 0 Å². The van der Waals surface area contributed by atoms with Gasteiger partial charge in [0.25, 0.3) is 0 Å². The summed E-state index contributed by atoms with van der Waals surface area (Å²) in [4.78, 5) is 0. The summed E-state index contributed by atoms with van der Waals surface area (Å²) in [6, 6.07) is 7.75. The molecule has 0 radical (unpaired) electrons. The summed E-state index contributed by atoms with van der Waals surface area (Å²) in [5, 5.41) is 9.86. The molecule has 0 bridgehead atoms. The highest BCUT2D eigenvalue weighted by molar-refractivity contribution is 14.1. The van der Waals surface area contributed by atoms with E-state index in [4.69, 9.17) is 0 Å². The lowest BCUT2D eigenvalue weighted by Gasteiger charge is -2.20. The van der Waals surface area contributed by atoms with Crippen molar-refractivity contribution < 1.29 is 5.11 Å². The van der Waals surface area contributed by atoms with E-state index in [0.29, 0.717) is 4.43 Å². The summed E-state index contributed by atoms with van der Waals surface area (Å²) in [5.74, 6) is 0. The minimum atomic E-state index is -0.707. The van der Waals surface area contributed by atoms with Crippen molar-refractivity contribution in [1.29, 1.82) is 0 Å². The second-order valence-electron chi connectivity index (χ2n) is 2.91. The van der Waals surface area contributed by atoms with Gasteiger partial charge in [0.05, 0.1) is 5.60 Å². The molecular weight excluding hydrogens is 331 g/mol. The summed E-state index contributed by atoms with van der Waals surface area (Å²) in [7, 11) is 0. The summed E-state index contributed by atoms with van der Waals surface area (Å²) in [5.41, 5.74) is 0.251. The molecule has 3 heteroatoms. The van der Waals surface area contributed by atoms with Crippen LogP contribution in [-0.4, -0.2) is 9.53 Å². The Morgan fingerprint density at radius 3 is 2.33 bits per heavy atom. The van der Waals surface area contributed by atoms with E-state index in [1.807, 2.05) is 31.2 Å². The van der Waals surface area contributed by atoms with E-state index in [1.54, 1.807) is 0 Å². The van der Waals surface area contributed by atoms with Gasteiger partial charge >= 0.3 is 0 Å². The predicted molar refractivity (Wildman–Crippen MR) is 62.6 cm³/mol. The Morgan fingerprint density at radius 1 is 1.42 bits per heavy atom. The van der Waals surface area contributed by atoms with Gasteiger partial charge in [0.2, 0.25) is 0 Å². The van der Waals surface area contributed by atoms with E-state index in [0.717, 1.165) is 10.0 Å². The molecule has 1 aromatic carbocycles. The van der Waals surface area contributed by atoms with E-state index >= 15 is 0 Å². The summed E-state index contributed by atoms with van der Waals surface area (Å²) < 4.78 is 1.74. The summed E-state index contributed by atoms with van der Waals surface area (Å²) >= 11 is 5.53. The maximum atomic E-state index is 9.86. The zero-order chi connectivity index (χ0) is 9.19. The van der Waals surface area contributed by atoms with E-state index in [2.05, 4.69) is 38.5 Å². The van der Waals surface area contributed by atoms with Gasteiger partial charge in [-0.2, -0.15) is 0 Å². The van der Waals surface area contributed by atoms with Crippen LogP contribution in [0.4, 0.5) is 0 Å². The highest BCUT2D eigenvalue weighted by atomic mass is 127. The van der Waals surface area contributed by atoms with Crippen LogP contribution in [0, 0.1) is 0 Å². The average Bonchev–Trinajstić information content (AvgIpc) is 2.05. The lowest BCUT2D eigenvalue weighted by atomic mass is 9.99. The smallest absolute Gasteiger partial charge is 0.0957 e. The zero-order valence-corrected chi connectivity index (χ0v) is 10.5. The second kappa shape index (κ2) is 4.07. The molecule has 0 spiro atoms. The van der Waals surface area contributed by atoms with E-state index < -0.39 is 5.60 Å². The zero-order valence-electron chi connectivity index (χ0n) is 6.72. The standard InChI is InChI=1S/C9H10BrIO/c1-9(12,6-11)7-2-4-8(10)5-3-7/h2-5,12H,6H2,1H3. The molecule has 0 saturated heterocycles. The lowest BCUT2D eigenvalue weighted by molar-refractivity contribution is 0.0872. The molecule has 0 aromatic heterocycles. The Kier molecular flexibility index (Phi) is 3.55. The third-order valence-electron chi connectivity index (χ3n) is 1.73. The van der Waals surface area contributed by atoms with Gasteiger partial charge in [0.1, 0.15) is 0 Å². The molecule has 0 amide bonds. The third-order valence-corrected chi connectivity index (χ3v) is 3.74. The van der Waals surface area contributed by atoms with Crippen molar-refractivity contribution in [2.75, 3.05) is 4.43 Å². The molecule has 1 atom stereocenters. The van der Waals surface area contributed by atoms with Crippen LogP contribution in [0.25, 0.3) is 0 Å². The van der Waals surface area contributed by atoms with Gasteiger partial charge in [-0.15, -0.1) is 0 Å². The minimum Gasteiger partial charge on any atom is -0.385 e. The Hall–Kier alpha value is 0.390. The van der Waals surface area contributed by atoms with Crippen molar-refractivity contribution in [3.63, 3.8) is 0 Å². The molecule has 1 nitrogen and oxygen atoms in total. The highest BCUT2D eigenvalue weighted by Crippen LogP contribution is 2.24. The molecule has 66 valence electrons. The van der Waals surface area contributed by atoms with Gasteiger partial charge < -0.3 is 5.11 Å². The minimum absolute atomic E-state index is 0.701. The number of hydrogen-bond acceptors (Lipinski definition) is 1. The van der Waals surface area contributed by atoms with Crippen LogP contribution in [0.15, 0.2) is 28.7 Å². The van der Waals surface area contributed by atoms with Crippen molar-refractivity contribution in [3.05, 3.63) is 34.3 Å². The molecular formula is C9H10BrIO. The van der Waals surface area contributed by atoms with Crippen LogP contribution in [0.1, 0.15) is 12.5 Å². The monoisotopic (exact) mass is 340 g/mol. The molecule has 1 N–H and O–H groups in total. The molecule has 0 fully saturated rings. The molecule has 0 heterocycles. The SMILES string of the molecule is CC(O)(CI)c1ccc(Br)cc1. The number of hydrogen-bond donors (Lipinski definition) is 1. The number of alkyl halides is 1. The fraction of sp³-hybridized carbons (Fsp3) is 0.333.